The molecule has 0 radical (unpaired) electrons. The monoisotopic (exact) mass is 418 g/mol. The third-order valence-corrected chi connectivity index (χ3v) is 4.38. The number of anilines is 1. The van der Waals surface area contributed by atoms with Gasteiger partial charge in [0.15, 0.2) is 0 Å². The molecule has 6 nitrogen and oxygen atoms in total. The van der Waals surface area contributed by atoms with E-state index >= 15 is 0 Å². The normalized spacial score (nSPS) is 16.0. The fraction of sp³-hybridized carbons (Fsp3) is 0.150. The zero-order valence-corrected chi connectivity index (χ0v) is 16.5. The Balaban J connectivity index is 2.08. The minimum atomic E-state index is -0.870. The van der Waals surface area contributed by atoms with E-state index in [0.29, 0.717) is 16.3 Å². The highest BCUT2D eigenvalue weighted by atomic mass is 35.5. The Bertz CT molecular complexity index is 1000. The van der Waals surface area contributed by atoms with Gasteiger partial charge in [0, 0.05) is 10.6 Å². The smallest absolute Gasteiger partial charge is 0.335 e. The Labute approximate surface area is 171 Å². The molecule has 3 rings (SSSR count). The molecule has 2 aromatic rings. The molecule has 1 fully saturated rings. The fourth-order valence-corrected chi connectivity index (χ4v) is 3.06. The van der Waals surface area contributed by atoms with E-state index in [1.807, 2.05) is 13.8 Å². The van der Waals surface area contributed by atoms with Crippen molar-refractivity contribution in [1.29, 1.82) is 0 Å². The Morgan fingerprint density at radius 3 is 2.46 bits per heavy atom. The lowest BCUT2D eigenvalue weighted by molar-refractivity contribution is -0.122. The van der Waals surface area contributed by atoms with Crippen LogP contribution >= 0.6 is 23.2 Å². The summed E-state index contributed by atoms with van der Waals surface area (Å²) >= 11 is 12.2. The fourth-order valence-electron chi connectivity index (χ4n) is 2.66. The first-order valence-electron chi connectivity index (χ1n) is 8.40. The molecular weight excluding hydrogens is 403 g/mol. The standard InChI is InChI=1S/C20H16Cl2N2O4/c1-11(2)28-17-8-7-13(21)9-12(17)10-14-18(25)23-20(27)24(19(14)26)16-6-4-3-5-15(16)22/h3-11H,1-2H3,(H,23,25,27)/b14-10+. The number of hydrogen-bond donors (Lipinski definition) is 1. The van der Waals surface area contributed by atoms with E-state index < -0.39 is 17.8 Å². The lowest BCUT2D eigenvalue weighted by Crippen LogP contribution is -2.54. The van der Waals surface area contributed by atoms with Crippen molar-refractivity contribution in [3.63, 3.8) is 0 Å². The third-order valence-electron chi connectivity index (χ3n) is 3.83. The van der Waals surface area contributed by atoms with Crippen molar-refractivity contribution < 1.29 is 19.1 Å². The molecule has 0 aromatic heterocycles. The molecule has 1 N–H and O–H groups in total. The summed E-state index contributed by atoms with van der Waals surface area (Å²) in [6.07, 6.45) is 1.22. The maximum atomic E-state index is 13.0. The number of para-hydroxylation sites is 1. The molecule has 8 heteroatoms. The van der Waals surface area contributed by atoms with E-state index in [1.165, 1.54) is 12.1 Å². The molecule has 1 heterocycles. The number of amides is 4. The van der Waals surface area contributed by atoms with Gasteiger partial charge in [0.25, 0.3) is 11.8 Å². The van der Waals surface area contributed by atoms with Gasteiger partial charge in [-0.2, -0.15) is 0 Å². The molecule has 0 atom stereocenters. The van der Waals surface area contributed by atoms with Crippen molar-refractivity contribution >= 4 is 52.8 Å². The number of nitrogens with one attached hydrogen (secondary N) is 1. The zero-order valence-electron chi connectivity index (χ0n) is 15.0. The van der Waals surface area contributed by atoms with Crippen LogP contribution in [-0.2, 0) is 9.59 Å². The quantitative estimate of drug-likeness (QED) is 0.587. The summed E-state index contributed by atoms with van der Waals surface area (Å²) in [5, 5.41) is 2.77. The largest absolute Gasteiger partial charge is 0.490 e. The molecule has 0 bridgehead atoms. The molecule has 0 spiro atoms. The highest BCUT2D eigenvalue weighted by Crippen LogP contribution is 2.31. The predicted octanol–water partition coefficient (Wildman–Crippen LogP) is 4.45. The van der Waals surface area contributed by atoms with E-state index in [0.717, 1.165) is 4.90 Å². The SMILES string of the molecule is CC(C)Oc1ccc(Cl)cc1/C=C1\C(=O)NC(=O)N(c2ccccc2Cl)C1=O. The van der Waals surface area contributed by atoms with E-state index in [9.17, 15) is 14.4 Å². The number of nitrogens with zero attached hydrogens (tertiary/aromatic N) is 1. The molecule has 1 aliphatic rings. The Kier molecular flexibility index (Phi) is 5.72. The van der Waals surface area contributed by atoms with E-state index in [2.05, 4.69) is 5.32 Å². The van der Waals surface area contributed by atoms with Gasteiger partial charge in [-0.1, -0.05) is 35.3 Å². The highest BCUT2D eigenvalue weighted by Gasteiger charge is 2.37. The summed E-state index contributed by atoms with van der Waals surface area (Å²) in [4.78, 5) is 38.4. The number of barbiturate groups is 1. The van der Waals surface area contributed by atoms with Gasteiger partial charge in [-0.25, -0.2) is 9.69 Å². The van der Waals surface area contributed by atoms with Crippen molar-refractivity contribution in [2.75, 3.05) is 4.90 Å². The number of ether oxygens (including phenoxy) is 1. The van der Waals surface area contributed by atoms with Crippen LogP contribution in [0.1, 0.15) is 19.4 Å². The minimum absolute atomic E-state index is 0.129. The summed E-state index contributed by atoms with van der Waals surface area (Å²) < 4.78 is 5.72. The van der Waals surface area contributed by atoms with Crippen molar-refractivity contribution in [1.82, 2.24) is 5.32 Å². The molecule has 1 saturated heterocycles. The Morgan fingerprint density at radius 1 is 1.07 bits per heavy atom. The van der Waals surface area contributed by atoms with Crippen LogP contribution in [0.4, 0.5) is 10.5 Å². The second-order valence-corrected chi connectivity index (χ2v) is 7.10. The average molecular weight is 419 g/mol. The highest BCUT2D eigenvalue weighted by molar-refractivity contribution is 6.42. The number of rotatable bonds is 4. The first-order chi connectivity index (χ1) is 13.3. The molecule has 4 amide bonds. The summed E-state index contributed by atoms with van der Waals surface area (Å²) in [7, 11) is 0. The summed E-state index contributed by atoms with van der Waals surface area (Å²) in [5.74, 6) is -1.15. The van der Waals surface area contributed by atoms with Gasteiger partial charge in [0.1, 0.15) is 11.3 Å². The maximum absolute atomic E-state index is 13.0. The van der Waals surface area contributed by atoms with Gasteiger partial charge < -0.3 is 4.74 Å². The number of urea groups is 1. The van der Waals surface area contributed by atoms with Gasteiger partial charge in [-0.15, -0.1) is 0 Å². The van der Waals surface area contributed by atoms with Crippen molar-refractivity contribution in [2.45, 2.75) is 20.0 Å². The molecule has 0 aliphatic carbocycles. The van der Waals surface area contributed by atoms with Crippen molar-refractivity contribution in [3.8, 4) is 5.75 Å². The molecule has 1 aliphatic heterocycles. The molecule has 2 aromatic carbocycles. The van der Waals surface area contributed by atoms with Gasteiger partial charge in [0.05, 0.1) is 16.8 Å². The van der Waals surface area contributed by atoms with Crippen LogP contribution in [-0.4, -0.2) is 23.9 Å². The average Bonchev–Trinajstić information content (AvgIpc) is 2.62. The van der Waals surface area contributed by atoms with Gasteiger partial charge in [-0.05, 0) is 50.3 Å². The molecule has 0 unspecified atom stereocenters. The van der Waals surface area contributed by atoms with Crippen LogP contribution in [0, 0.1) is 0 Å². The number of benzene rings is 2. The minimum Gasteiger partial charge on any atom is -0.490 e. The van der Waals surface area contributed by atoms with E-state index in [-0.39, 0.29) is 22.4 Å². The predicted molar refractivity (Wildman–Crippen MR) is 108 cm³/mol. The molecule has 0 saturated carbocycles. The van der Waals surface area contributed by atoms with E-state index in [4.69, 9.17) is 27.9 Å². The molecule has 28 heavy (non-hydrogen) atoms. The van der Waals surface area contributed by atoms with Crippen molar-refractivity contribution in [3.05, 3.63) is 63.6 Å². The number of halogens is 2. The van der Waals surface area contributed by atoms with Gasteiger partial charge >= 0.3 is 6.03 Å². The van der Waals surface area contributed by atoms with Crippen LogP contribution in [0.25, 0.3) is 6.08 Å². The summed E-state index contributed by atoms with van der Waals surface area (Å²) in [6.45, 7) is 3.70. The number of carbonyl (C=O) groups excluding carboxylic acids is 3. The molecular formula is C20H16Cl2N2O4. The van der Waals surface area contributed by atoms with Crippen molar-refractivity contribution in [2.24, 2.45) is 0 Å². The second kappa shape index (κ2) is 8.04. The third kappa shape index (κ3) is 4.03. The topological polar surface area (TPSA) is 75.7 Å². The Morgan fingerprint density at radius 2 is 1.79 bits per heavy atom. The van der Waals surface area contributed by atoms with Crippen LogP contribution in [0.5, 0.6) is 5.75 Å². The second-order valence-electron chi connectivity index (χ2n) is 6.26. The first kappa shape index (κ1) is 19.9. The zero-order chi connectivity index (χ0) is 20.4. The lowest BCUT2D eigenvalue weighted by Gasteiger charge is -2.27. The van der Waals surface area contributed by atoms with Crippen LogP contribution in [0.3, 0.4) is 0 Å². The maximum Gasteiger partial charge on any atom is 0.335 e. The summed E-state index contributed by atoms with van der Waals surface area (Å²) in [5.41, 5.74) is 0.373. The number of carbonyl (C=O) groups is 3. The number of imide groups is 2. The van der Waals surface area contributed by atoms with Gasteiger partial charge in [0.2, 0.25) is 0 Å². The molecule has 144 valence electrons. The number of hydrogen-bond acceptors (Lipinski definition) is 4. The lowest BCUT2D eigenvalue weighted by atomic mass is 10.1. The van der Waals surface area contributed by atoms with Crippen LogP contribution < -0.4 is 15.0 Å². The summed E-state index contributed by atoms with van der Waals surface area (Å²) in [6, 6.07) is 10.4. The van der Waals surface area contributed by atoms with E-state index in [1.54, 1.807) is 36.4 Å². The first-order valence-corrected chi connectivity index (χ1v) is 9.15. The Hall–Kier alpha value is -2.83. The van der Waals surface area contributed by atoms with Crippen LogP contribution in [0.2, 0.25) is 10.0 Å². The van der Waals surface area contributed by atoms with Gasteiger partial charge in [-0.3, -0.25) is 14.9 Å². The van der Waals surface area contributed by atoms with Crippen LogP contribution in [0.15, 0.2) is 48.0 Å².